The lowest BCUT2D eigenvalue weighted by Crippen LogP contribution is -1.92. The number of furan rings is 1. The molecule has 0 unspecified atom stereocenters. The Morgan fingerprint density at radius 3 is 1.45 bits per heavy atom. The second-order valence-electron chi connectivity index (χ2n) is 11.4. The molecular weight excluding hydrogens is 593 g/mol. The van der Waals surface area contributed by atoms with Gasteiger partial charge in [0.05, 0.1) is 26.0 Å². The molecule has 0 aliphatic rings. The highest BCUT2D eigenvalue weighted by Gasteiger charge is 2.19. The lowest BCUT2D eigenvalue weighted by atomic mass is 9.84. The molecule has 0 bridgehead atoms. The normalized spacial score (nSPS) is 17.1. The van der Waals surface area contributed by atoms with Crippen LogP contribution in [-0.4, -0.2) is 0 Å². The van der Waals surface area contributed by atoms with E-state index in [9.17, 15) is 11.0 Å². The molecule has 0 atom stereocenters. The van der Waals surface area contributed by atoms with Gasteiger partial charge in [0.2, 0.25) is 0 Å². The fourth-order valence-electron chi connectivity index (χ4n) is 6.58. The van der Waals surface area contributed by atoms with E-state index in [-0.39, 0.29) is 16.5 Å². The van der Waals surface area contributed by atoms with Crippen molar-refractivity contribution in [3.63, 3.8) is 0 Å². The highest BCUT2D eigenvalue weighted by atomic mass is 16.3. The van der Waals surface area contributed by atoms with Crippen LogP contribution in [0.2, 0.25) is 0 Å². The predicted octanol–water partition coefficient (Wildman–Crippen LogP) is 13.7. The van der Waals surface area contributed by atoms with Crippen LogP contribution in [-0.2, 0) is 0 Å². The topological polar surface area (TPSA) is 13.1 Å². The van der Waals surface area contributed by atoms with Gasteiger partial charge in [-0.15, -0.1) is 0 Å². The summed E-state index contributed by atoms with van der Waals surface area (Å²) in [4.78, 5) is 0. The third kappa shape index (κ3) is 4.40. The average Bonchev–Trinajstić information content (AvgIpc) is 3.71. The first kappa shape index (κ1) is 14.8. The molecule has 0 fully saturated rings. The minimum absolute atomic E-state index is 0.138. The zero-order chi connectivity index (χ0) is 48.8. The average molecular weight is 642 g/mol. The molecule has 1 heterocycles. The Balaban J connectivity index is 1.41. The molecule has 0 spiro atoms. The molecule has 0 amide bonds. The number of hydrogen-bond acceptors (Lipinski definition) is 1. The van der Waals surface area contributed by atoms with Crippen molar-refractivity contribution in [1.29, 1.82) is 0 Å². The van der Waals surface area contributed by atoms with Crippen LogP contribution in [0.15, 0.2) is 186 Å². The third-order valence-electron chi connectivity index (χ3n) is 8.74. The number of hydrogen-bond donors (Lipinski definition) is 0. The number of rotatable bonds is 4. The highest BCUT2D eigenvalue weighted by molar-refractivity contribution is 6.24. The first-order valence-corrected chi connectivity index (χ1v) is 15.3. The van der Waals surface area contributed by atoms with Gasteiger partial charge in [-0.3, -0.25) is 0 Å². The molecule has 0 saturated heterocycles. The summed E-state index contributed by atoms with van der Waals surface area (Å²) in [6.07, 6.45) is 0. The van der Waals surface area contributed by atoms with Gasteiger partial charge in [0, 0.05) is 10.8 Å². The minimum atomic E-state index is -0.869. The van der Waals surface area contributed by atoms with E-state index in [1.165, 1.54) is 0 Å². The van der Waals surface area contributed by atoms with Gasteiger partial charge in [0.25, 0.3) is 0 Å². The number of fused-ring (bicyclic) bond motifs is 6. The van der Waals surface area contributed by atoms with E-state index < -0.39 is 164 Å². The zero-order valence-corrected chi connectivity index (χ0v) is 25.3. The first-order chi connectivity index (χ1) is 32.2. The van der Waals surface area contributed by atoms with Crippen molar-refractivity contribution in [1.82, 2.24) is 0 Å². The summed E-state index contributed by atoms with van der Waals surface area (Å²) >= 11 is 0. The van der Waals surface area contributed by atoms with Crippen molar-refractivity contribution in [3.8, 4) is 44.5 Å². The molecule has 228 valence electrons. The Hall–Kier alpha value is -6.44. The molecule has 10 aromatic rings. The molecule has 10 rings (SSSR count). The lowest BCUT2D eigenvalue weighted by molar-refractivity contribution is 0.669. The SMILES string of the molecule is [2H]c1c([2H])c([2H])c(-c2c3c([2H])c([2H])c([2H])c([2H])c3c(-c3c([2H])c([2H])c(-c4ccc5c(c4)oc4cc(-c6ccccc6)ccc45)c4c([2H])c([2H])c([2H])c([2H])c34)c3c([2H])c([2H])c([2H])c([2H])c23)c([2H])c1[2H]. The van der Waals surface area contributed by atoms with Crippen LogP contribution in [0.3, 0.4) is 0 Å². The van der Waals surface area contributed by atoms with Gasteiger partial charge in [-0.25, -0.2) is 0 Å². The van der Waals surface area contributed by atoms with E-state index in [2.05, 4.69) is 0 Å². The third-order valence-corrected chi connectivity index (χ3v) is 8.74. The summed E-state index contributed by atoms with van der Waals surface area (Å²) < 4.78 is 178. The molecule has 1 nitrogen and oxygen atoms in total. The maximum absolute atomic E-state index is 9.83. The quantitative estimate of drug-likeness (QED) is 0.174. The summed E-state index contributed by atoms with van der Waals surface area (Å²) in [5.41, 5.74) is 0.489. The molecule has 1 heteroatoms. The monoisotopic (exact) mass is 641 g/mol. The summed E-state index contributed by atoms with van der Waals surface area (Å²) in [5.74, 6) is 0. The highest BCUT2D eigenvalue weighted by Crippen LogP contribution is 2.46. The maximum atomic E-state index is 9.83. The van der Waals surface area contributed by atoms with E-state index >= 15 is 0 Å². The van der Waals surface area contributed by atoms with Crippen LogP contribution in [0.5, 0.6) is 0 Å². The Morgan fingerprint density at radius 1 is 0.327 bits per heavy atom. The van der Waals surface area contributed by atoms with Crippen molar-refractivity contribution in [2.45, 2.75) is 0 Å². The molecule has 49 heavy (non-hydrogen) atoms. The zero-order valence-electron chi connectivity index (χ0n) is 44.3. The maximum Gasteiger partial charge on any atom is 0.136 e. The molecular formula is C48H30O. The molecule has 9 aromatic carbocycles. The Morgan fingerprint density at radius 2 is 0.816 bits per heavy atom. The van der Waals surface area contributed by atoms with Crippen molar-refractivity contribution in [2.24, 2.45) is 0 Å². The van der Waals surface area contributed by atoms with E-state index in [1.807, 2.05) is 48.5 Å². The fraction of sp³-hybridized carbons (Fsp3) is 0. The van der Waals surface area contributed by atoms with E-state index in [0.717, 1.165) is 16.5 Å². The minimum Gasteiger partial charge on any atom is -0.456 e. The largest absolute Gasteiger partial charge is 0.456 e. The summed E-state index contributed by atoms with van der Waals surface area (Å²) in [6.45, 7) is 0. The van der Waals surface area contributed by atoms with Crippen LogP contribution in [0.1, 0.15) is 26.0 Å². The molecule has 0 radical (unpaired) electrons. The van der Waals surface area contributed by atoms with Crippen molar-refractivity contribution >= 4 is 54.3 Å². The number of benzene rings is 9. The van der Waals surface area contributed by atoms with Crippen LogP contribution in [0.4, 0.5) is 0 Å². The Bertz CT molecular complexity index is 3850. The van der Waals surface area contributed by atoms with Gasteiger partial charge in [-0.2, -0.15) is 0 Å². The van der Waals surface area contributed by atoms with Gasteiger partial charge in [-0.05, 0) is 101 Å². The lowest BCUT2D eigenvalue weighted by Gasteiger charge is -2.19. The molecule has 1 aromatic heterocycles. The van der Waals surface area contributed by atoms with Crippen molar-refractivity contribution < 1.29 is 30.5 Å². The summed E-state index contributed by atoms with van der Waals surface area (Å²) in [5, 5.41) is -1.56. The van der Waals surface area contributed by atoms with Gasteiger partial charge >= 0.3 is 0 Å². The first-order valence-electron chi connectivity index (χ1n) is 24.8. The van der Waals surface area contributed by atoms with Crippen LogP contribution in [0, 0.1) is 0 Å². The standard InChI is InChI=1S/C48H30O/c1-3-13-31(14-4-1)33-23-25-38-39-26-24-34(30-46(39)49-45(38)29-33)35-27-28-44(37-18-8-7-17-36(35)37)48-42-21-11-9-19-40(42)47(32-15-5-2-6-16-32)41-20-10-12-22-43(41)48/h1-30H/i2D,5D,6D,7D,8D,9D,10D,11D,12D,15D,16D,17D,18D,19D,20D,21D,22D,27D,28D. The van der Waals surface area contributed by atoms with Gasteiger partial charge in [-0.1, -0.05) is 157 Å². The second-order valence-corrected chi connectivity index (χ2v) is 11.4. The summed E-state index contributed by atoms with van der Waals surface area (Å²) in [6, 6.07) is 4.87. The molecule has 0 aliphatic heterocycles. The molecule has 0 saturated carbocycles. The van der Waals surface area contributed by atoms with E-state index in [0.29, 0.717) is 16.6 Å². The summed E-state index contributed by atoms with van der Waals surface area (Å²) in [7, 11) is 0. The Kier molecular flexibility index (Phi) is 3.34. The van der Waals surface area contributed by atoms with E-state index in [4.69, 9.17) is 19.5 Å². The van der Waals surface area contributed by atoms with Gasteiger partial charge < -0.3 is 4.42 Å². The van der Waals surface area contributed by atoms with Gasteiger partial charge in [0.1, 0.15) is 11.2 Å². The van der Waals surface area contributed by atoms with Crippen molar-refractivity contribution in [3.05, 3.63) is 182 Å². The predicted molar refractivity (Wildman–Crippen MR) is 208 cm³/mol. The van der Waals surface area contributed by atoms with Crippen LogP contribution >= 0.6 is 0 Å². The van der Waals surface area contributed by atoms with Gasteiger partial charge in [0.15, 0.2) is 0 Å². The van der Waals surface area contributed by atoms with Crippen molar-refractivity contribution in [2.75, 3.05) is 0 Å². The fourth-order valence-corrected chi connectivity index (χ4v) is 6.58. The smallest absolute Gasteiger partial charge is 0.136 e. The molecule has 0 aliphatic carbocycles. The van der Waals surface area contributed by atoms with Crippen LogP contribution < -0.4 is 0 Å². The second kappa shape index (κ2) is 11.1. The van der Waals surface area contributed by atoms with E-state index in [1.54, 1.807) is 18.2 Å². The Labute approximate surface area is 311 Å². The molecule has 0 N–H and O–H groups in total. The van der Waals surface area contributed by atoms with Crippen LogP contribution in [0.25, 0.3) is 98.8 Å².